The summed E-state index contributed by atoms with van der Waals surface area (Å²) in [6.07, 6.45) is -0.0534. The van der Waals surface area contributed by atoms with Crippen LogP contribution in [0.2, 0.25) is 0 Å². The molecule has 1 aromatic rings. The molecule has 0 saturated carbocycles. The standard InChI is InChI=1S/C11H14N2O5/c1-2-18-11(14)7-10(12-15)8-3-5-9(6-4-8)13(16)17/h3-6,10,12,15H,2,7H2,1H3/t10-/m1/s1. The highest BCUT2D eigenvalue weighted by Crippen LogP contribution is 2.20. The molecule has 98 valence electrons. The van der Waals surface area contributed by atoms with Crippen molar-refractivity contribution in [2.24, 2.45) is 0 Å². The highest BCUT2D eigenvalue weighted by atomic mass is 16.6. The van der Waals surface area contributed by atoms with Crippen molar-refractivity contribution >= 4 is 11.7 Å². The Bertz CT molecular complexity index is 418. The van der Waals surface area contributed by atoms with Crippen LogP contribution in [0.25, 0.3) is 0 Å². The van der Waals surface area contributed by atoms with Crippen LogP contribution in [0, 0.1) is 10.1 Å². The summed E-state index contributed by atoms with van der Waals surface area (Å²) in [5.74, 6) is -0.456. The number of benzene rings is 1. The second-order valence-corrected chi connectivity index (χ2v) is 3.54. The summed E-state index contributed by atoms with van der Waals surface area (Å²) in [4.78, 5) is 21.2. The lowest BCUT2D eigenvalue weighted by molar-refractivity contribution is -0.384. The van der Waals surface area contributed by atoms with Crippen LogP contribution in [0.3, 0.4) is 0 Å². The van der Waals surface area contributed by atoms with Gasteiger partial charge in [0.15, 0.2) is 0 Å². The van der Waals surface area contributed by atoms with Crippen molar-refractivity contribution in [2.75, 3.05) is 6.61 Å². The van der Waals surface area contributed by atoms with E-state index in [0.717, 1.165) is 0 Å². The van der Waals surface area contributed by atoms with Crippen LogP contribution < -0.4 is 5.48 Å². The van der Waals surface area contributed by atoms with Gasteiger partial charge in [0.05, 0.1) is 24.0 Å². The van der Waals surface area contributed by atoms with Crippen LogP contribution in [0.1, 0.15) is 24.9 Å². The maximum absolute atomic E-state index is 11.3. The number of hydrogen-bond donors (Lipinski definition) is 2. The third-order valence-corrected chi connectivity index (χ3v) is 2.34. The molecule has 0 spiro atoms. The van der Waals surface area contributed by atoms with Gasteiger partial charge < -0.3 is 9.94 Å². The number of hydroxylamine groups is 1. The Balaban J connectivity index is 2.76. The summed E-state index contributed by atoms with van der Waals surface area (Å²) >= 11 is 0. The van der Waals surface area contributed by atoms with E-state index < -0.39 is 16.9 Å². The molecule has 0 heterocycles. The third-order valence-electron chi connectivity index (χ3n) is 2.34. The second-order valence-electron chi connectivity index (χ2n) is 3.54. The van der Waals surface area contributed by atoms with E-state index in [1.807, 2.05) is 5.48 Å². The molecular weight excluding hydrogens is 240 g/mol. The first-order valence-electron chi connectivity index (χ1n) is 5.38. The molecule has 18 heavy (non-hydrogen) atoms. The molecular formula is C11H14N2O5. The van der Waals surface area contributed by atoms with Gasteiger partial charge in [0.25, 0.3) is 5.69 Å². The van der Waals surface area contributed by atoms with Gasteiger partial charge in [-0.25, -0.2) is 0 Å². The van der Waals surface area contributed by atoms with Crippen LogP contribution in [-0.4, -0.2) is 22.7 Å². The Hall–Kier alpha value is -1.99. The number of non-ortho nitro benzene ring substituents is 1. The molecule has 2 N–H and O–H groups in total. The van der Waals surface area contributed by atoms with Crippen molar-refractivity contribution in [3.8, 4) is 0 Å². The highest BCUT2D eigenvalue weighted by Gasteiger charge is 2.17. The van der Waals surface area contributed by atoms with Crippen LogP contribution in [-0.2, 0) is 9.53 Å². The maximum Gasteiger partial charge on any atom is 0.307 e. The van der Waals surface area contributed by atoms with Crippen LogP contribution in [0.4, 0.5) is 5.69 Å². The lowest BCUT2D eigenvalue weighted by atomic mass is 10.0. The summed E-state index contributed by atoms with van der Waals surface area (Å²) < 4.78 is 4.76. The fraction of sp³-hybridized carbons (Fsp3) is 0.364. The first-order chi connectivity index (χ1) is 8.58. The number of carbonyl (C=O) groups excluding carboxylic acids is 1. The first-order valence-corrected chi connectivity index (χ1v) is 5.38. The molecule has 0 fully saturated rings. The number of hydrogen-bond acceptors (Lipinski definition) is 6. The summed E-state index contributed by atoms with van der Waals surface area (Å²) in [5.41, 5.74) is 2.50. The Morgan fingerprint density at radius 3 is 2.56 bits per heavy atom. The fourth-order valence-electron chi connectivity index (χ4n) is 1.45. The van der Waals surface area contributed by atoms with Gasteiger partial charge in [-0.3, -0.25) is 14.9 Å². The Morgan fingerprint density at radius 1 is 1.50 bits per heavy atom. The number of carbonyl (C=O) groups is 1. The van der Waals surface area contributed by atoms with Crippen molar-refractivity contribution in [2.45, 2.75) is 19.4 Å². The van der Waals surface area contributed by atoms with Gasteiger partial charge in [-0.1, -0.05) is 12.1 Å². The monoisotopic (exact) mass is 254 g/mol. The van der Waals surface area contributed by atoms with Gasteiger partial charge in [0.2, 0.25) is 0 Å². The van der Waals surface area contributed by atoms with Crippen LogP contribution in [0.5, 0.6) is 0 Å². The SMILES string of the molecule is CCOC(=O)C[C@@H](NO)c1ccc([N+](=O)[O-])cc1. The topological polar surface area (TPSA) is 102 Å². The van der Waals surface area contributed by atoms with E-state index in [1.165, 1.54) is 24.3 Å². The Kier molecular flexibility index (Phi) is 5.22. The van der Waals surface area contributed by atoms with E-state index in [2.05, 4.69) is 0 Å². The van der Waals surface area contributed by atoms with Gasteiger partial charge in [-0.15, -0.1) is 0 Å². The molecule has 7 heteroatoms. The minimum atomic E-state index is -0.648. The van der Waals surface area contributed by atoms with Crippen molar-refractivity contribution in [3.63, 3.8) is 0 Å². The predicted octanol–water partition coefficient (Wildman–Crippen LogP) is 1.57. The molecule has 1 rings (SSSR count). The first kappa shape index (κ1) is 14.1. The summed E-state index contributed by atoms with van der Waals surface area (Å²) in [7, 11) is 0. The third kappa shape index (κ3) is 3.79. The molecule has 7 nitrogen and oxygen atoms in total. The fourth-order valence-corrected chi connectivity index (χ4v) is 1.45. The summed E-state index contributed by atoms with van der Waals surface area (Å²) in [6, 6.07) is 4.93. The molecule has 0 aliphatic carbocycles. The lowest BCUT2D eigenvalue weighted by Crippen LogP contribution is -2.21. The van der Waals surface area contributed by atoms with Crippen molar-refractivity contribution in [1.29, 1.82) is 0 Å². The van der Waals surface area contributed by atoms with E-state index >= 15 is 0 Å². The summed E-state index contributed by atoms with van der Waals surface area (Å²) in [6.45, 7) is 1.95. The molecule has 0 saturated heterocycles. The van der Waals surface area contributed by atoms with E-state index in [9.17, 15) is 14.9 Å². The quantitative estimate of drug-likeness (QED) is 0.454. The molecule has 0 amide bonds. The zero-order valence-corrected chi connectivity index (χ0v) is 9.83. The average molecular weight is 254 g/mol. The molecule has 0 unspecified atom stereocenters. The lowest BCUT2D eigenvalue weighted by Gasteiger charge is -2.14. The van der Waals surface area contributed by atoms with E-state index in [-0.39, 0.29) is 18.7 Å². The van der Waals surface area contributed by atoms with Gasteiger partial charge in [-0.05, 0) is 12.5 Å². The maximum atomic E-state index is 11.3. The van der Waals surface area contributed by atoms with Crippen molar-refractivity contribution in [1.82, 2.24) is 5.48 Å². The van der Waals surface area contributed by atoms with Crippen LogP contribution >= 0.6 is 0 Å². The van der Waals surface area contributed by atoms with Gasteiger partial charge >= 0.3 is 5.97 Å². The molecule has 0 aliphatic rings. The van der Waals surface area contributed by atoms with Gasteiger partial charge in [-0.2, -0.15) is 5.48 Å². The minimum absolute atomic E-state index is 0.0495. The number of nitro benzene ring substituents is 1. The molecule has 1 atom stereocenters. The summed E-state index contributed by atoms with van der Waals surface area (Å²) in [5, 5.41) is 19.5. The smallest absolute Gasteiger partial charge is 0.307 e. The normalized spacial score (nSPS) is 11.9. The molecule has 0 radical (unpaired) electrons. The number of rotatable bonds is 6. The zero-order valence-electron chi connectivity index (χ0n) is 9.83. The molecule has 0 aromatic heterocycles. The van der Waals surface area contributed by atoms with Crippen LogP contribution in [0.15, 0.2) is 24.3 Å². The average Bonchev–Trinajstić information content (AvgIpc) is 2.36. The van der Waals surface area contributed by atoms with E-state index in [0.29, 0.717) is 5.56 Å². The van der Waals surface area contributed by atoms with Gasteiger partial charge in [0, 0.05) is 12.1 Å². The molecule has 0 bridgehead atoms. The largest absolute Gasteiger partial charge is 0.466 e. The second kappa shape index (κ2) is 6.67. The van der Waals surface area contributed by atoms with Crippen molar-refractivity contribution < 1.29 is 19.7 Å². The number of nitrogens with one attached hydrogen (secondary N) is 1. The number of nitro groups is 1. The predicted molar refractivity (Wildman–Crippen MR) is 62.0 cm³/mol. The Labute approximate surface area is 103 Å². The zero-order chi connectivity index (χ0) is 13.5. The van der Waals surface area contributed by atoms with Crippen molar-refractivity contribution in [3.05, 3.63) is 39.9 Å². The highest BCUT2D eigenvalue weighted by molar-refractivity contribution is 5.70. The van der Waals surface area contributed by atoms with E-state index in [4.69, 9.17) is 9.94 Å². The Morgan fingerprint density at radius 2 is 2.11 bits per heavy atom. The van der Waals surface area contributed by atoms with Gasteiger partial charge in [0.1, 0.15) is 0 Å². The molecule has 0 aliphatic heterocycles. The number of nitrogens with zero attached hydrogens (tertiary/aromatic N) is 1. The number of esters is 1. The molecule has 1 aromatic carbocycles. The minimum Gasteiger partial charge on any atom is -0.466 e. The van der Waals surface area contributed by atoms with E-state index in [1.54, 1.807) is 6.92 Å². The number of ether oxygens (including phenoxy) is 1.